The Morgan fingerprint density at radius 2 is 2.10 bits per heavy atom. The van der Waals surface area contributed by atoms with Crippen molar-refractivity contribution in [2.45, 2.75) is 70.5 Å². The van der Waals surface area contributed by atoms with E-state index in [2.05, 4.69) is 12.2 Å². The summed E-state index contributed by atoms with van der Waals surface area (Å²) in [6, 6.07) is 0.252. The first kappa shape index (κ1) is 16.9. The first-order valence-electron chi connectivity index (χ1n) is 7.74. The number of nitrogens with one attached hydrogen (secondary N) is 1. The quantitative estimate of drug-likeness (QED) is 0.872. The van der Waals surface area contributed by atoms with Crippen LogP contribution in [-0.2, 0) is 16.6 Å². The third-order valence-corrected chi connectivity index (χ3v) is 7.77. The summed E-state index contributed by atoms with van der Waals surface area (Å²) in [5.41, 5.74) is 0.877. The minimum absolute atomic E-state index is 0.103. The van der Waals surface area contributed by atoms with Gasteiger partial charge in [-0.1, -0.05) is 13.8 Å². The van der Waals surface area contributed by atoms with Gasteiger partial charge in [-0.15, -0.1) is 11.3 Å². The van der Waals surface area contributed by atoms with Gasteiger partial charge in [0.2, 0.25) is 10.0 Å². The van der Waals surface area contributed by atoms with Crippen molar-refractivity contribution >= 4 is 21.4 Å². The standard InChI is InChI=1S/C15H26N2O2S2/c1-5-13-8-7-12(4)17(13)21(18,19)15-11(3)10-20-14(15)9-16-6-2/h10,12-13,16H,5-9H2,1-4H3. The highest BCUT2D eigenvalue weighted by molar-refractivity contribution is 7.89. The molecule has 1 aliphatic heterocycles. The Morgan fingerprint density at radius 3 is 2.71 bits per heavy atom. The Kier molecular flexibility index (Phi) is 5.46. The van der Waals surface area contributed by atoms with Gasteiger partial charge in [0.25, 0.3) is 0 Å². The molecule has 0 bridgehead atoms. The molecular formula is C15H26N2O2S2. The van der Waals surface area contributed by atoms with E-state index in [4.69, 9.17) is 0 Å². The summed E-state index contributed by atoms with van der Waals surface area (Å²) in [6.07, 6.45) is 2.82. The van der Waals surface area contributed by atoms with Gasteiger partial charge in [0.1, 0.15) is 4.90 Å². The monoisotopic (exact) mass is 330 g/mol. The van der Waals surface area contributed by atoms with Gasteiger partial charge in [-0.25, -0.2) is 8.42 Å². The van der Waals surface area contributed by atoms with E-state index in [-0.39, 0.29) is 12.1 Å². The molecule has 2 rings (SSSR count). The highest BCUT2D eigenvalue weighted by Crippen LogP contribution is 2.36. The second-order valence-electron chi connectivity index (χ2n) is 5.77. The number of thiophene rings is 1. The maximum Gasteiger partial charge on any atom is 0.244 e. The lowest BCUT2D eigenvalue weighted by Gasteiger charge is -2.27. The van der Waals surface area contributed by atoms with Crippen LogP contribution in [0.25, 0.3) is 0 Å². The zero-order chi connectivity index (χ0) is 15.6. The normalized spacial score (nSPS) is 23.8. The number of nitrogens with zero attached hydrogens (tertiary/aromatic N) is 1. The van der Waals surface area contributed by atoms with Crippen LogP contribution >= 0.6 is 11.3 Å². The fourth-order valence-electron chi connectivity index (χ4n) is 3.16. The Bertz CT molecular complexity index is 580. The second kappa shape index (κ2) is 6.77. The van der Waals surface area contributed by atoms with E-state index in [1.807, 2.05) is 26.2 Å². The molecule has 120 valence electrons. The Hall–Kier alpha value is -0.430. The summed E-state index contributed by atoms with van der Waals surface area (Å²) in [5.74, 6) is 0. The van der Waals surface area contributed by atoms with Gasteiger partial charge in [0.05, 0.1) is 0 Å². The molecule has 2 heterocycles. The van der Waals surface area contributed by atoms with Crippen molar-refractivity contribution in [2.24, 2.45) is 0 Å². The topological polar surface area (TPSA) is 49.4 Å². The molecule has 1 saturated heterocycles. The van der Waals surface area contributed by atoms with Crippen molar-refractivity contribution in [3.63, 3.8) is 0 Å². The lowest BCUT2D eigenvalue weighted by Crippen LogP contribution is -2.40. The lowest BCUT2D eigenvalue weighted by molar-refractivity contribution is 0.328. The highest BCUT2D eigenvalue weighted by atomic mass is 32.2. The molecular weight excluding hydrogens is 304 g/mol. The average Bonchev–Trinajstić information content (AvgIpc) is 2.99. The average molecular weight is 331 g/mol. The molecule has 4 nitrogen and oxygen atoms in total. The molecule has 2 atom stereocenters. The molecule has 1 aliphatic rings. The van der Waals surface area contributed by atoms with Crippen LogP contribution in [0.1, 0.15) is 50.5 Å². The Balaban J connectivity index is 2.41. The summed E-state index contributed by atoms with van der Waals surface area (Å²) >= 11 is 1.54. The number of aryl methyl sites for hydroxylation is 1. The van der Waals surface area contributed by atoms with E-state index in [1.165, 1.54) is 0 Å². The van der Waals surface area contributed by atoms with Crippen molar-refractivity contribution in [3.05, 3.63) is 15.8 Å². The van der Waals surface area contributed by atoms with Crippen LogP contribution < -0.4 is 5.32 Å². The largest absolute Gasteiger partial charge is 0.312 e. The van der Waals surface area contributed by atoms with Crippen LogP contribution in [0.3, 0.4) is 0 Å². The molecule has 1 aromatic heterocycles. The zero-order valence-electron chi connectivity index (χ0n) is 13.3. The van der Waals surface area contributed by atoms with Gasteiger partial charge in [-0.3, -0.25) is 0 Å². The smallest absolute Gasteiger partial charge is 0.244 e. The van der Waals surface area contributed by atoms with E-state index in [0.29, 0.717) is 11.4 Å². The fraction of sp³-hybridized carbons (Fsp3) is 0.733. The minimum atomic E-state index is -3.39. The molecule has 2 unspecified atom stereocenters. The van der Waals surface area contributed by atoms with Gasteiger partial charge >= 0.3 is 0 Å². The molecule has 0 saturated carbocycles. The molecule has 21 heavy (non-hydrogen) atoms. The van der Waals surface area contributed by atoms with Crippen LogP contribution in [0.5, 0.6) is 0 Å². The van der Waals surface area contributed by atoms with Crippen molar-refractivity contribution < 1.29 is 8.42 Å². The van der Waals surface area contributed by atoms with Gasteiger partial charge in [-0.2, -0.15) is 4.31 Å². The van der Waals surface area contributed by atoms with E-state index >= 15 is 0 Å². The van der Waals surface area contributed by atoms with Crippen LogP contribution in [0.4, 0.5) is 0 Å². The van der Waals surface area contributed by atoms with E-state index in [9.17, 15) is 8.42 Å². The molecule has 0 aromatic carbocycles. The number of hydrogen-bond acceptors (Lipinski definition) is 4. The number of rotatable bonds is 6. The summed E-state index contributed by atoms with van der Waals surface area (Å²) < 4.78 is 28.1. The van der Waals surface area contributed by atoms with Crippen LogP contribution in [-0.4, -0.2) is 31.4 Å². The third-order valence-electron chi connectivity index (χ3n) is 4.24. The molecule has 1 N–H and O–H groups in total. The first-order valence-corrected chi connectivity index (χ1v) is 10.1. The molecule has 1 fully saturated rings. The van der Waals surface area contributed by atoms with Gasteiger partial charge < -0.3 is 5.32 Å². The Morgan fingerprint density at radius 1 is 1.38 bits per heavy atom. The maximum atomic E-state index is 13.2. The van der Waals surface area contributed by atoms with Crippen molar-refractivity contribution in [1.82, 2.24) is 9.62 Å². The number of sulfonamides is 1. The van der Waals surface area contributed by atoms with Crippen molar-refractivity contribution in [2.75, 3.05) is 6.54 Å². The van der Waals surface area contributed by atoms with Gasteiger partial charge in [0.15, 0.2) is 0 Å². The fourth-order valence-corrected chi connectivity index (χ4v) is 6.85. The zero-order valence-corrected chi connectivity index (χ0v) is 15.0. The summed E-state index contributed by atoms with van der Waals surface area (Å²) in [6.45, 7) is 9.51. The van der Waals surface area contributed by atoms with Gasteiger partial charge in [0, 0.05) is 23.5 Å². The lowest BCUT2D eigenvalue weighted by atomic mass is 10.2. The third kappa shape index (κ3) is 3.18. The molecule has 0 aliphatic carbocycles. The second-order valence-corrected chi connectivity index (χ2v) is 8.52. The molecule has 6 heteroatoms. The minimum Gasteiger partial charge on any atom is -0.312 e. The van der Waals surface area contributed by atoms with Crippen LogP contribution in [0.2, 0.25) is 0 Å². The van der Waals surface area contributed by atoms with Crippen molar-refractivity contribution in [1.29, 1.82) is 0 Å². The molecule has 1 aromatic rings. The van der Waals surface area contributed by atoms with Crippen molar-refractivity contribution in [3.8, 4) is 0 Å². The molecule has 0 radical (unpaired) electrons. The molecule has 0 amide bonds. The van der Waals surface area contributed by atoms with E-state index < -0.39 is 10.0 Å². The summed E-state index contributed by atoms with van der Waals surface area (Å²) in [4.78, 5) is 1.48. The highest BCUT2D eigenvalue weighted by Gasteiger charge is 2.40. The summed E-state index contributed by atoms with van der Waals surface area (Å²) in [5, 5.41) is 5.20. The predicted octanol–water partition coefficient (Wildman–Crippen LogP) is 3.12. The Labute approximate surface area is 132 Å². The van der Waals surface area contributed by atoms with Gasteiger partial charge in [-0.05, 0) is 50.6 Å². The SMILES string of the molecule is CCNCc1scc(C)c1S(=O)(=O)N1C(C)CCC1CC. The predicted molar refractivity (Wildman–Crippen MR) is 88.2 cm³/mol. The van der Waals surface area contributed by atoms with E-state index in [1.54, 1.807) is 15.6 Å². The first-order chi connectivity index (χ1) is 9.93. The maximum absolute atomic E-state index is 13.2. The molecule has 0 spiro atoms. The summed E-state index contributed by atoms with van der Waals surface area (Å²) in [7, 11) is -3.39. The van der Waals surface area contributed by atoms with Crippen LogP contribution in [0.15, 0.2) is 10.3 Å². The van der Waals surface area contributed by atoms with E-state index in [0.717, 1.165) is 36.2 Å². The number of hydrogen-bond donors (Lipinski definition) is 1. The van der Waals surface area contributed by atoms with Crippen LogP contribution in [0, 0.1) is 6.92 Å².